The molecule has 1 amide bonds. The van der Waals surface area contributed by atoms with Crippen LogP contribution in [0.2, 0.25) is 0 Å². The third-order valence-corrected chi connectivity index (χ3v) is 5.35. The van der Waals surface area contributed by atoms with Gasteiger partial charge in [0.25, 0.3) is 5.91 Å². The second-order valence-corrected chi connectivity index (χ2v) is 7.35. The first-order valence-corrected chi connectivity index (χ1v) is 10.3. The van der Waals surface area contributed by atoms with Crippen molar-refractivity contribution >= 4 is 28.6 Å². The first-order valence-electron chi connectivity index (χ1n) is 9.06. The van der Waals surface area contributed by atoms with Crippen LogP contribution >= 0.6 is 11.8 Å². The molecule has 0 fully saturated rings. The number of benzene rings is 2. The fourth-order valence-electron chi connectivity index (χ4n) is 3.06. The van der Waals surface area contributed by atoms with E-state index in [1.165, 1.54) is 11.0 Å². The van der Waals surface area contributed by atoms with E-state index in [1.807, 2.05) is 30.5 Å². The molecule has 144 valence electrons. The molecule has 4 aromatic rings. The predicted octanol–water partition coefficient (Wildman–Crippen LogP) is 5.09. The molecule has 0 radical (unpaired) electrons. The lowest BCUT2D eigenvalue weighted by Crippen LogP contribution is -2.23. The zero-order valence-corrected chi connectivity index (χ0v) is 16.5. The number of carbonyl (C=O) groups excluding carboxylic acids is 1. The van der Waals surface area contributed by atoms with Crippen molar-refractivity contribution in [2.75, 3.05) is 6.26 Å². The van der Waals surface area contributed by atoms with Gasteiger partial charge < -0.3 is 5.32 Å². The van der Waals surface area contributed by atoms with Crippen LogP contribution in [0.4, 0.5) is 4.39 Å². The summed E-state index contributed by atoms with van der Waals surface area (Å²) < 4.78 is 14.3. The van der Waals surface area contributed by atoms with Crippen LogP contribution in [-0.4, -0.2) is 22.1 Å². The van der Waals surface area contributed by atoms with Gasteiger partial charge in [0.1, 0.15) is 11.5 Å². The van der Waals surface area contributed by atoms with Gasteiger partial charge in [-0.15, -0.1) is 11.8 Å². The average molecular weight is 403 g/mol. The van der Waals surface area contributed by atoms with Crippen LogP contribution in [0.25, 0.3) is 22.0 Å². The monoisotopic (exact) mass is 403 g/mol. The molecule has 0 saturated carbocycles. The molecule has 2 aromatic heterocycles. The summed E-state index contributed by atoms with van der Waals surface area (Å²) in [5.41, 5.74) is 2.80. The standard InChI is InChI=1S/C23H18FN3OS/c1-29-17-9-6-15(7-10-17)12-26-23(28)21-11-8-16-13-25-14-19(22(16)27-21)18-4-2-3-5-20(18)24/h2-11,13-14H,12H2,1H3,(H,26,28). The zero-order valence-electron chi connectivity index (χ0n) is 15.7. The highest BCUT2D eigenvalue weighted by Crippen LogP contribution is 2.28. The summed E-state index contributed by atoms with van der Waals surface area (Å²) in [7, 11) is 0. The number of aromatic nitrogens is 2. The minimum atomic E-state index is -0.354. The third kappa shape index (κ3) is 4.12. The summed E-state index contributed by atoms with van der Waals surface area (Å²) >= 11 is 1.67. The Morgan fingerprint density at radius 2 is 1.79 bits per heavy atom. The lowest BCUT2D eigenvalue weighted by molar-refractivity contribution is 0.0946. The Morgan fingerprint density at radius 1 is 1.00 bits per heavy atom. The van der Waals surface area contributed by atoms with E-state index < -0.39 is 0 Å². The largest absolute Gasteiger partial charge is 0.347 e. The Hall–Kier alpha value is -3.25. The molecule has 0 spiro atoms. The van der Waals surface area contributed by atoms with E-state index in [1.54, 1.807) is 54.5 Å². The lowest BCUT2D eigenvalue weighted by atomic mass is 10.0. The Bertz CT molecular complexity index is 1180. The van der Waals surface area contributed by atoms with Crippen molar-refractivity contribution < 1.29 is 9.18 Å². The van der Waals surface area contributed by atoms with E-state index in [0.717, 1.165) is 10.9 Å². The molecule has 0 atom stereocenters. The molecule has 0 aliphatic carbocycles. The van der Waals surface area contributed by atoms with E-state index in [0.29, 0.717) is 23.2 Å². The third-order valence-electron chi connectivity index (χ3n) is 4.61. The van der Waals surface area contributed by atoms with Gasteiger partial charge in [-0.25, -0.2) is 9.37 Å². The topological polar surface area (TPSA) is 54.9 Å². The van der Waals surface area contributed by atoms with Crippen LogP contribution in [0.3, 0.4) is 0 Å². The van der Waals surface area contributed by atoms with Gasteiger partial charge in [0, 0.05) is 40.3 Å². The number of nitrogens with zero attached hydrogens (tertiary/aromatic N) is 2. The number of pyridine rings is 2. The number of carbonyl (C=O) groups is 1. The average Bonchev–Trinajstić information content (AvgIpc) is 2.77. The molecule has 2 heterocycles. The van der Waals surface area contributed by atoms with Gasteiger partial charge in [0.2, 0.25) is 0 Å². The Balaban J connectivity index is 1.61. The molecule has 29 heavy (non-hydrogen) atoms. The number of nitrogens with one attached hydrogen (secondary N) is 1. The molecular weight excluding hydrogens is 385 g/mol. The van der Waals surface area contributed by atoms with Crippen molar-refractivity contribution in [3.05, 3.63) is 90.1 Å². The number of halogens is 1. The molecule has 2 aromatic carbocycles. The number of fused-ring (bicyclic) bond motifs is 1. The van der Waals surface area contributed by atoms with Crippen molar-refractivity contribution in [1.29, 1.82) is 0 Å². The minimum absolute atomic E-state index is 0.280. The SMILES string of the molecule is CSc1ccc(CNC(=O)c2ccc3cncc(-c4ccccc4F)c3n2)cc1. The summed E-state index contributed by atoms with van der Waals surface area (Å²) in [6.07, 6.45) is 5.25. The van der Waals surface area contributed by atoms with Crippen LogP contribution in [0.5, 0.6) is 0 Å². The van der Waals surface area contributed by atoms with Gasteiger partial charge in [-0.05, 0) is 42.2 Å². The summed E-state index contributed by atoms with van der Waals surface area (Å²) in [5, 5.41) is 3.64. The Labute approximate surface area is 172 Å². The van der Waals surface area contributed by atoms with E-state index in [9.17, 15) is 9.18 Å². The van der Waals surface area contributed by atoms with Gasteiger partial charge in [0.15, 0.2) is 0 Å². The second-order valence-electron chi connectivity index (χ2n) is 6.47. The summed E-state index contributed by atoms with van der Waals surface area (Å²) in [6.45, 7) is 0.406. The molecule has 4 rings (SSSR count). The van der Waals surface area contributed by atoms with Crippen molar-refractivity contribution in [2.45, 2.75) is 11.4 Å². The zero-order chi connectivity index (χ0) is 20.2. The molecular formula is C23H18FN3OS. The van der Waals surface area contributed by atoms with Crippen LogP contribution < -0.4 is 5.32 Å². The Morgan fingerprint density at radius 3 is 2.55 bits per heavy atom. The maximum Gasteiger partial charge on any atom is 0.270 e. The summed E-state index contributed by atoms with van der Waals surface area (Å²) in [5.74, 6) is -0.635. The van der Waals surface area contributed by atoms with Crippen LogP contribution in [0.1, 0.15) is 16.1 Å². The quantitative estimate of drug-likeness (QED) is 0.472. The number of rotatable bonds is 5. The highest BCUT2D eigenvalue weighted by molar-refractivity contribution is 7.98. The summed E-state index contributed by atoms with van der Waals surface area (Å²) in [6, 6.07) is 17.9. The number of thioether (sulfide) groups is 1. The number of amides is 1. The van der Waals surface area contributed by atoms with Gasteiger partial charge in [-0.3, -0.25) is 9.78 Å². The van der Waals surface area contributed by atoms with E-state index >= 15 is 0 Å². The molecule has 4 nitrogen and oxygen atoms in total. The second kappa shape index (κ2) is 8.41. The minimum Gasteiger partial charge on any atom is -0.347 e. The van der Waals surface area contributed by atoms with Gasteiger partial charge in [0.05, 0.1) is 5.52 Å². The van der Waals surface area contributed by atoms with Crippen LogP contribution in [0, 0.1) is 5.82 Å². The summed E-state index contributed by atoms with van der Waals surface area (Å²) in [4.78, 5) is 22.5. The van der Waals surface area contributed by atoms with Crippen LogP contribution in [0.15, 0.2) is 78.0 Å². The molecule has 6 heteroatoms. The van der Waals surface area contributed by atoms with Crippen molar-refractivity contribution in [2.24, 2.45) is 0 Å². The molecule has 0 saturated heterocycles. The fraction of sp³-hybridized carbons (Fsp3) is 0.0870. The molecule has 0 bridgehead atoms. The predicted molar refractivity (Wildman–Crippen MR) is 114 cm³/mol. The smallest absolute Gasteiger partial charge is 0.270 e. The fourth-order valence-corrected chi connectivity index (χ4v) is 3.47. The first-order chi connectivity index (χ1) is 14.2. The molecule has 0 unspecified atom stereocenters. The molecule has 0 aliphatic rings. The highest BCUT2D eigenvalue weighted by Gasteiger charge is 2.13. The van der Waals surface area contributed by atoms with Crippen molar-refractivity contribution in [1.82, 2.24) is 15.3 Å². The van der Waals surface area contributed by atoms with Crippen LogP contribution in [-0.2, 0) is 6.54 Å². The maximum atomic E-state index is 14.3. The first kappa shape index (κ1) is 19.1. The number of hydrogen-bond donors (Lipinski definition) is 1. The normalized spacial score (nSPS) is 10.8. The van der Waals surface area contributed by atoms with Crippen molar-refractivity contribution in [3.63, 3.8) is 0 Å². The molecule has 0 aliphatic heterocycles. The van der Waals surface area contributed by atoms with E-state index in [2.05, 4.69) is 15.3 Å². The number of hydrogen-bond acceptors (Lipinski definition) is 4. The lowest BCUT2D eigenvalue weighted by Gasteiger charge is -2.09. The highest BCUT2D eigenvalue weighted by atomic mass is 32.2. The van der Waals surface area contributed by atoms with Crippen molar-refractivity contribution in [3.8, 4) is 11.1 Å². The Kier molecular flexibility index (Phi) is 5.53. The van der Waals surface area contributed by atoms with Gasteiger partial charge in [-0.1, -0.05) is 30.3 Å². The maximum absolute atomic E-state index is 14.3. The van der Waals surface area contributed by atoms with E-state index in [-0.39, 0.29) is 17.4 Å². The van der Waals surface area contributed by atoms with Gasteiger partial charge >= 0.3 is 0 Å². The van der Waals surface area contributed by atoms with Gasteiger partial charge in [-0.2, -0.15) is 0 Å². The molecule has 1 N–H and O–H groups in total. The van der Waals surface area contributed by atoms with E-state index in [4.69, 9.17) is 0 Å².